The molecule has 0 saturated carbocycles. The lowest BCUT2D eigenvalue weighted by Crippen LogP contribution is -2.25. The number of benzene rings is 3. The van der Waals surface area contributed by atoms with Gasteiger partial charge in [-0.15, -0.1) is 0 Å². The Balaban J connectivity index is 2.01. The lowest BCUT2D eigenvalue weighted by molar-refractivity contribution is -0.189. The SMILES string of the molecule is N#Cc1ccc(-c2cc(F)c(C(F)(F)Oc3cc(F)c(C#N)c(F)c3)c(F)c2)c(F)c1. The van der Waals surface area contributed by atoms with E-state index >= 15 is 0 Å². The average Bonchev–Trinajstić information content (AvgIpc) is 2.66. The van der Waals surface area contributed by atoms with Crippen molar-refractivity contribution in [1.82, 2.24) is 0 Å². The maximum Gasteiger partial charge on any atom is 0.432 e. The highest BCUT2D eigenvalue weighted by molar-refractivity contribution is 5.66. The largest absolute Gasteiger partial charge is 0.432 e. The summed E-state index contributed by atoms with van der Waals surface area (Å²) < 4.78 is 103. The van der Waals surface area contributed by atoms with Gasteiger partial charge in [-0.05, 0) is 29.8 Å². The van der Waals surface area contributed by atoms with Crippen LogP contribution in [0.4, 0.5) is 30.7 Å². The molecular weight excluding hydrogens is 429 g/mol. The Morgan fingerprint density at radius 1 is 0.710 bits per heavy atom. The number of alkyl halides is 2. The van der Waals surface area contributed by atoms with Crippen LogP contribution in [0, 0.1) is 51.7 Å². The monoisotopic (exact) mass is 436 g/mol. The summed E-state index contributed by atoms with van der Waals surface area (Å²) in [5.41, 5.74) is -3.80. The van der Waals surface area contributed by atoms with Crippen molar-refractivity contribution in [1.29, 1.82) is 10.5 Å². The fourth-order valence-corrected chi connectivity index (χ4v) is 2.74. The number of halogens is 7. The van der Waals surface area contributed by atoms with Crippen molar-refractivity contribution < 1.29 is 35.5 Å². The smallest absolute Gasteiger partial charge is 0.429 e. The first kappa shape index (κ1) is 21.7. The first-order valence-corrected chi connectivity index (χ1v) is 8.23. The first-order chi connectivity index (χ1) is 14.6. The van der Waals surface area contributed by atoms with Gasteiger partial charge in [0.2, 0.25) is 0 Å². The zero-order valence-corrected chi connectivity index (χ0v) is 15.0. The summed E-state index contributed by atoms with van der Waals surface area (Å²) >= 11 is 0. The van der Waals surface area contributed by atoms with E-state index in [4.69, 9.17) is 10.5 Å². The molecular formula is C21H7F7N2O. The molecule has 156 valence electrons. The molecule has 0 atom stereocenters. The van der Waals surface area contributed by atoms with Crippen LogP contribution in [0.25, 0.3) is 11.1 Å². The van der Waals surface area contributed by atoms with Gasteiger partial charge in [0.05, 0.1) is 11.6 Å². The molecule has 3 nitrogen and oxygen atoms in total. The van der Waals surface area contributed by atoms with Crippen LogP contribution < -0.4 is 4.74 Å². The second-order valence-electron chi connectivity index (χ2n) is 6.11. The summed E-state index contributed by atoms with van der Waals surface area (Å²) in [5, 5.41) is 17.3. The molecule has 0 bridgehead atoms. The molecule has 0 aliphatic heterocycles. The summed E-state index contributed by atoms with van der Waals surface area (Å²) in [6.07, 6.45) is -4.72. The van der Waals surface area contributed by atoms with E-state index < -0.39 is 57.6 Å². The summed E-state index contributed by atoms with van der Waals surface area (Å²) in [5.74, 6) is -8.81. The average molecular weight is 436 g/mol. The molecule has 0 aliphatic carbocycles. The van der Waals surface area contributed by atoms with E-state index in [1.807, 2.05) is 0 Å². The second kappa shape index (κ2) is 8.00. The Hall–Kier alpha value is -4.05. The van der Waals surface area contributed by atoms with Crippen LogP contribution in [0.3, 0.4) is 0 Å². The molecule has 3 aromatic carbocycles. The van der Waals surface area contributed by atoms with Crippen LogP contribution in [0.5, 0.6) is 5.75 Å². The van der Waals surface area contributed by atoms with Gasteiger partial charge in [-0.25, -0.2) is 22.0 Å². The van der Waals surface area contributed by atoms with Crippen LogP contribution in [0.2, 0.25) is 0 Å². The molecule has 0 heterocycles. The molecule has 10 heteroatoms. The molecule has 0 aromatic heterocycles. The van der Waals surface area contributed by atoms with Gasteiger partial charge < -0.3 is 4.74 Å². The van der Waals surface area contributed by atoms with Gasteiger partial charge >= 0.3 is 6.11 Å². The maximum absolute atomic E-state index is 14.4. The van der Waals surface area contributed by atoms with Crippen molar-refractivity contribution in [3.05, 3.63) is 88.2 Å². The quantitative estimate of drug-likeness (QED) is 0.477. The van der Waals surface area contributed by atoms with Gasteiger partial charge in [0.1, 0.15) is 52.0 Å². The van der Waals surface area contributed by atoms with Crippen molar-refractivity contribution in [3.63, 3.8) is 0 Å². The number of hydrogen-bond acceptors (Lipinski definition) is 3. The molecule has 0 radical (unpaired) electrons. The first-order valence-electron chi connectivity index (χ1n) is 8.23. The maximum atomic E-state index is 14.4. The fraction of sp³-hybridized carbons (Fsp3) is 0.0476. The highest BCUT2D eigenvalue weighted by atomic mass is 19.3. The van der Waals surface area contributed by atoms with Gasteiger partial charge in [-0.2, -0.15) is 19.3 Å². The summed E-state index contributed by atoms with van der Waals surface area (Å²) in [7, 11) is 0. The van der Waals surface area contributed by atoms with E-state index in [-0.39, 0.29) is 23.3 Å². The minimum atomic E-state index is -4.72. The lowest BCUT2D eigenvalue weighted by Gasteiger charge is -2.20. The Morgan fingerprint density at radius 3 is 1.77 bits per heavy atom. The predicted octanol–water partition coefficient (Wildman–Crippen LogP) is 5.92. The highest BCUT2D eigenvalue weighted by Gasteiger charge is 2.41. The van der Waals surface area contributed by atoms with Gasteiger partial charge in [0, 0.05) is 17.7 Å². The van der Waals surface area contributed by atoms with Gasteiger partial charge in [0.15, 0.2) is 0 Å². The topological polar surface area (TPSA) is 56.8 Å². The molecule has 0 saturated heterocycles. The molecule has 0 spiro atoms. The Kier molecular flexibility index (Phi) is 5.58. The molecule has 0 amide bonds. The van der Waals surface area contributed by atoms with Crippen molar-refractivity contribution >= 4 is 0 Å². The number of hydrogen-bond donors (Lipinski definition) is 0. The molecule has 31 heavy (non-hydrogen) atoms. The van der Waals surface area contributed by atoms with Crippen molar-refractivity contribution in [3.8, 4) is 29.0 Å². The molecule has 3 rings (SSSR count). The predicted molar refractivity (Wildman–Crippen MR) is 92.1 cm³/mol. The van der Waals surface area contributed by atoms with Gasteiger partial charge in [0.25, 0.3) is 0 Å². The normalized spacial score (nSPS) is 11.0. The van der Waals surface area contributed by atoms with Crippen molar-refractivity contribution in [2.75, 3.05) is 0 Å². The van der Waals surface area contributed by atoms with Crippen LogP contribution in [0.15, 0.2) is 42.5 Å². The van der Waals surface area contributed by atoms with E-state index in [2.05, 4.69) is 4.74 Å². The molecule has 0 unspecified atom stereocenters. The van der Waals surface area contributed by atoms with Gasteiger partial charge in [-0.1, -0.05) is 6.07 Å². The lowest BCUT2D eigenvalue weighted by atomic mass is 10.0. The zero-order valence-electron chi connectivity index (χ0n) is 15.0. The molecule has 0 fully saturated rings. The van der Waals surface area contributed by atoms with Crippen LogP contribution >= 0.6 is 0 Å². The van der Waals surface area contributed by atoms with Crippen LogP contribution in [0.1, 0.15) is 16.7 Å². The highest BCUT2D eigenvalue weighted by Crippen LogP contribution is 2.38. The Labute approximate surface area is 170 Å². The van der Waals surface area contributed by atoms with E-state index in [1.54, 1.807) is 6.07 Å². The van der Waals surface area contributed by atoms with Crippen molar-refractivity contribution in [2.45, 2.75) is 6.11 Å². The fourth-order valence-electron chi connectivity index (χ4n) is 2.74. The van der Waals surface area contributed by atoms with Gasteiger partial charge in [-0.3, -0.25) is 0 Å². The third-order valence-corrected chi connectivity index (χ3v) is 4.12. The zero-order chi connectivity index (χ0) is 22.9. The number of nitrogens with zero attached hydrogens (tertiary/aromatic N) is 2. The van der Waals surface area contributed by atoms with E-state index in [1.165, 1.54) is 6.07 Å². The number of rotatable bonds is 4. The number of nitriles is 2. The standard InChI is InChI=1S/C21H7F7N2O/c22-15-3-10(8-29)1-2-13(15)11-4-18(25)20(19(26)5-11)21(27,28)31-12-6-16(23)14(9-30)17(24)7-12/h1-7H. The van der Waals surface area contributed by atoms with Crippen LogP contribution in [-0.4, -0.2) is 0 Å². The molecule has 3 aromatic rings. The van der Waals surface area contributed by atoms with Crippen LogP contribution in [-0.2, 0) is 6.11 Å². The third kappa shape index (κ3) is 4.14. The number of ether oxygens (including phenoxy) is 1. The van der Waals surface area contributed by atoms with E-state index in [0.29, 0.717) is 12.1 Å². The minimum absolute atomic E-state index is 0.0689. The Bertz CT molecular complexity index is 1230. The summed E-state index contributed by atoms with van der Waals surface area (Å²) in [4.78, 5) is 0. The van der Waals surface area contributed by atoms with E-state index in [0.717, 1.165) is 18.2 Å². The molecule has 0 N–H and O–H groups in total. The van der Waals surface area contributed by atoms with Crippen molar-refractivity contribution in [2.24, 2.45) is 0 Å². The minimum Gasteiger partial charge on any atom is -0.429 e. The summed E-state index contributed by atoms with van der Waals surface area (Å²) in [6.45, 7) is 0. The summed E-state index contributed by atoms with van der Waals surface area (Å²) in [6, 6.07) is 7.18. The van der Waals surface area contributed by atoms with E-state index in [9.17, 15) is 30.7 Å². The Morgan fingerprint density at radius 2 is 1.29 bits per heavy atom. The second-order valence-corrected chi connectivity index (χ2v) is 6.11. The molecule has 0 aliphatic rings. The third-order valence-electron chi connectivity index (χ3n) is 4.12.